The van der Waals surface area contributed by atoms with E-state index in [9.17, 15) is 0 Å². The van der Waals surface area contributed by atoms with E-state index in [1.54, 1.807) is 11.3 Å². The van der Waals surface area contributed by atoms with Crippen LogP contribution in [0.15, 0.2) is 11.4 Å². The lowest BCUT2D eigenvalue weighted by Gasteiger charge is -2.13. The summed E-state index contributed by atoms with van der Waals surface area (Å²) in [6.45, 7) is 0. The molecule has 0 bridgehead atoms. The molecule has 74 valence electrons. The minimum atomic E-state index is 0.194. The Kier molecular flexibility index (Phi) is 5.13. The van der Waals surface area contributed by atoms with Gasteiger partial charge in [-0.15, -0.1) is 11.3 Å². The summed E-state index contributed by atoms with van der Waals surface area (Å²) >= 11 is 9.46. The van der Waals surface area contributed by atoms with E-state index in [2.05, 4.69) is 11.7 Å². The minimum absolute atomic E-state index is 0.194. The molecule has 0 fully saturated rings. The third-order valence-electron chi connectivity index (χ3n) is 1.77. The smallest absolute Gasteiger partial charge is 0.0576 e. The van der Waals surface area contributed by atoms with E-state index in [1.807, 2.05) is 23.2 Å². The molecule has 0 aliphatic rings. The van der Waals surface area contributed by atoms with Gasteiger partial charge in [-0.2, -0.15) is 11.8 Å². The van der Waals surface area contributed by atoms with Crippen molar-refractivity contribution in [1.29, 1.82) is 0 Å². The van der Waals surface area contributed by atoms with Gasteiger partial charge in [0.1, 0.15) is 0 Å². The van der Waals surface area contributed by atoms with Crippen LogP contribution in [0.1, 0.15) is 17.3 Å². The van der Waals surface area contributed by atoms with Crippen molar-refractivity contribution < 1.29 is 0 Å². The zero-order chi connectivity index (χ0) is 9.68. The molecule has 1 unspecified atom stereocenters. The molecule has 13 heavy (non-hydrogen) atoms. The molecule has 1 aromatic heterocycles. The van der Waals surface area contributed by atoms with E-state index in [-0.39, 0.29) is 6.04 Å². The number of nitrogens with two attached hydrogens (primary N) is 1. The Hall–Kier alpha value is 0.260. The number of thiophene rings is 1. The summed E-state index contributed by atoms with van der Waals surface area (Å²) in [6, 6.07) is 2.10. The lowest BCUT2D eigenvalue weighted by Crippen LogP contribution is -2.28. The number of hydrogen-bond donors (Lipinski definition) is 2. The first-order valence-corrected chi connectivity index (χ1v) is 6.62. The normalized spacial score (nSPS) is 13.2. The molecule has 0 saturated carbocycles. The highest BCUT2D eigenvalue weighted by atomic mass is 35.5. The molecule has 0 spiro atoms. The zero-order valence-corrected chi connectivity index (χ0v) is 9.81. The van der Waals surface area contributed by atoms with Gasteiger partial charge in [0.25, 0.3) is 0 Å². The number of nitrogens with one attached hydrogen (secondary N) is 1. The van der Waals surface area contributed by atoms with Crippen LogP contribution in [-0.4, -0.2) is 12.0 Å². The molecular formula is C8H13ClN2S2. The van der Waals surface area contributed by atoms with Gasteiger partial charge >= 0.3 is 0 Å². The second kappa shape index (κ2) is 5.88. The van der Waals surface area contributed by atoms with Crippen LogP contribution < -0.4 is 11.3 Å². The van der Waals surface area contributed by atoms with Crippen molar-refractivity contribution in [2.45, 2.75) is 12.5 Å². The quantitative estimate of drug-likeness (QED) is 0.610. The fourth-order valence-electron chi connectivity index (χ4n) is 1.08. The second-order valence-corrected chi connectivity index (χ2v) is 4.97. The molecule has 2 nitrogen and oxygen atoms in total. The summed E-state index contributed by atoms with van der Waals surface area (Å²) in [5, 5.41) is 2.80. The van der Waals surface area contributed by atoms with Crippen LogP contribution in [-0.2, 0) is 0 Å². The Bertz CT molecular complexity index is 252. The summed E-state index contributed by atoms with van der Waals surface area (Å²) in [4.78, 5) is 1.14. The molecule has 0 radical (unpaired) electrons. The number of hydrogen-bond acceptors (Lipinski definition) is 4. The second-order valence-electron chi connectivity index (χ2n) is 2.63. The van der Waals surface area contributed by atoms with Gasteiger partial charge < -0.3 is 0 Å². The van der Waals surface area contributed by atoms with Gasteiger partial charge in [-0.1, -0.05) is 11.6 Å². The Labute approximate surface area is 91.8 Å². The number of hydrazine groups is 1. The molecule has 0 aliphatic heterocycles. The predicted molar refractivity (Wildman–Crippen MR) is 62.4 cm³/mol. The largest absolute Gasteiger partial charge is 0.271 e. The first-order chi connectivity index (χ1) is 6.29. The highest BCUT2D eigenvalue weighted by Crippen LogP contribution is 2.30. The Morgan fingerprint density at radius 2 is 2.54 bits per heavy atom. The Balaban J connectivity index is 2.61. The van der Waals surface area contributed by atoms with E-state index in [0.717, 1.165) is 22.1 Å². The zero-order valence-electron chi connectivity index (χ0n) is 7.42. The fourth-order valence-corrected chi connectivity index (χ4v) is 2.84. The molecular weight excluding hydrogens is 224 g/mol. The topological polar surface area (TPSA) is 38.0 Å². The van der Waals surface area contributed by atoms with Gasteiger partial charge in [0.2, 0.25) is 0 Å². The van der Waals surface area contributed by atoms with Gasteiger partial charge in [-0.05, 0) is 29.9 Å². The molecule has 5 heteroatoms. The molecule has 1 heterocycles. The van der Waals surface area contributed by atoms with Crippen molar-refractivity contribution in [3.8, 4) is 0 Å². The first kappa shape index (κ1) is 11.3. The van der Waals surface area contributed by atoms with Gasteiger partial charge in [0, 0.05) is 4.88 Å². The maximum absolute atomic E-state index is 6.00. The van der Waals surface area contributed by atoms with Crippen molar-refractivity contribution in [2.75, 3.05) is 12.0 Å². The summed E-state index contributed by atoms with van der Waals surface area (Å²) in [5.74, 6) is 6.55. The lowest BCUT2D eigenvalue weighted by molar-refractivity contribution is 0.551. The van der Waals surface area contributed by atoms with Crippen molar-refractivity contribution in [1.82, 2.24) is 5.43 Å². The average Bonchev–Trinajstić information content (AvgIpc) is 2.54. The molecule has 0 amide bonds. The van der Waals surface area contributed by atoms with Crippen LogP contribution in [0.5, 0.6) is 0 Å². The molecule has 0 aliphatic carbocycles. The Morgan fingerprint density at radius 1 is 1.77 bits per heavy atom. The molecule has 1 rings (SSSR count). The summed E-state index contributed by atoms with van der Waals surface area (Å²) in [6.07, 6.45) is 3.10. The highest BCUT2D eigenvalue weighted by molar-refractivity contribution is 7.98. The van der Waals surface area contributed by atoms with E-state index in [1.165, 1.54) is 0 Å². The third kappa shape index (κ3) is 3.14. The van der Waals surface area contributed by atoms with Gasteiger partial charge in [0.15, 0.2) is 0 Å². The van der Waals surface area contributed by atoms with Gasteiger partial charge in [-0.25, -0.2) is 0 Å². The van der Waals surface area contributed by atoms with Crippen molar-refractivity contribution in [3.05, 3.63) is 21.3 Å². The molecule has 1 aromatic rings. The SMILES string of the molecule is CSCCC(NN)c1sccc1Cl. The van der Waals surface area contributed by atoms with Gasteiger partial charge in [-0.3, -0.25) is 11.3 Å². The minimum Gasteiger partial charge on any atom is -0.271 e. The third-order valence-corrected chi connectivity index (χ3v) is 3.89. The van der Waals surface area contributed by atoms with Crippen LogP contribution in [0, 0.1) is 0 Å². The molecule has 0 aromatic carbocycles. The number of thioether (sulfide) groups is 1. The van der Waals surface area contributed by atoms with Crippen LogP contribution in [0.25, 0.3) is 0 Å². The van der Waals surface area contributed by atoms with Gasteiger partial charge in [0.05, 0.1) is 11.1 Å². The first-order valence-electron chi connectivity index (χ1n) is 3.97. The number of rotatable bonds is 5. The molecule has 3 N–H and O–H groups in total. The summed E-state index contributed by atoms with van der Waals surface area (Å²) in [7, 11) is 0. The fraction of sp³-hybridized carbons (Fsp3) is 0.500. The van der Waals surface area contributed by atoms with Crippen LogP contribution in [0.4, 0.5) is 0 Å². The van der Waals surface area contributed by atoms with Crippen molar-refractivity contribution in [2.24, 2.45) is 5.84 Å². The predicted octanol–water partition coefficient (Wildman–Crippen LogP) is 2.66. The molecule has 1 atom stereocenters. The maximum atomic E-state index is 6.00. The van der Waals surface area contributed by atoms with Crippen LogP contribution >= 0.6 is 34.7 Å². The van der Waals surface area contributed by atoms with Crippen LogP contribution in [0.2, 0.25) is 5.02 Å². The number of halogens is 1. The van der Waals surface area contributed by atoms with Crippen LogP contribution in [0.3, 0.4) is 0 Å². The van der Waals surface area contributed by atoms with E-state index < -0.39 is 0 Å². The average molecular weight is 237 g/mol. The Morgan fingerprint density at radius 3 is 3.00 bits per heavy atom. The summed E-state index contributed by atoms with van der Waals surface area (Å²) in [5.41, 5.74) is 2.79. The monoisotopic (exact) mass is 236 g/mol. The van der Waals surface area contributed by atoms with Crippen molar-refractivity contribution >= 4 is 34.7 Å². The highest BCUT2D eigenvalue weighted by Gasteiger charge is 2.13. The van der Waals surface area contributed by atoms with E-state index >= 15 is 0 Å². The standard InChI is InChI=1S/C8H13ClN2S2/c1-12-4-3-7(11-10)8-6(9)2-5-13-8/h2,5,7,11H,3-4,10H2,1H3. The van der Waals surface area contributed by atoms with E-state index in [0.29, 0.717) is 0 Å². The molecule has 0 saturated heterocycles. The van der Waals surface area contributed by atoms with Crippen molar-refractivity contribution in [3.63, 3.8) is 0 Å². The lowest BCUT2D eigenvalue weighted by atomic mass is 10.2. The summed E-state index contributed by atoms with van der Waals surface area (Å²) < 4.78 is 0. The van der Waals surface area contributed by atoms with E-state index in [4.69, 9.17) is 17.4 Å². The maximum Gasteiger partial charge on any atom is 0.0576 e.